The van der Waals surface area contributed by atoms with E-state index in [1.165, 1.54) is 0 Å². The van der Waals surface area contributed by atoms with Gasteiger partial charge in [0.15, 0.2) is 0 Å². The van der Waals surface area contributed by atoms with Crippen LogP contribution in [0.2, 0.25) is 0 Å². The summed E-state index contributed by atoms with van der Waals surface area (Å²) < 4.78 is 0. The van der Waals surface area contributed by atoms with E-state index in [9.17, 15) is 10.2 Å². The number of fused-ring (bicyclic) bond motifs is 1. The Bertz CT molecular complexity index is 469. The van der Waals surface area contributed by atoms with E-state index < -0.39 is 12.2 Å². The van der Waals surface area contributed by atoms with Gasteiger partial charge in [0.25, 0.3) is 0 Å². The number of aromatic amines is 1. The van der Waals surface area contributed by atoms with E-state index in [-0.39, 0.29) is 13.0 Å². The summed E-state index contributed by atoms with van der Waals surface area (Å²) in [5.41, 5.74) is 2.23. The molecule has 0 spiro atoms. The molecular weight excluding hydrogens is 208 g/mol. The van der Waals surface area contributed by atoms with E-state index in [1.807, 2.05) is 0 Å². The van der Waals surface area contributed by atoms with Crippen molar-refractivity contribution in [1.29, 1.82) is 0 Å². The Hall–Kier alpha value is -1.43. The number of benzene rings is 1. The summed E-state index contributed by atoms with van der Waals surface area (Å²) in [6.07, 6.45) is -0.210. The van der Waals surface area contributed by atoms with Crippen molar-refractivity contribution in [2.45, 2.75) is 18.6 Å². The standard InChI is InChI=1S/C11H14N2O3/c14-4-3-10(15)11(16)7-1-2-8-9(5-7)13-6-12-8/h1-2,5-6,10-11,14-16H,3-4H2,(H,12,13). The maximum Gasteiger partial charge on any atom is 0.105 e. The summed E-state index contributed by atoms with van der Waals surface area (Å²) in [6.45, 7) is -0.148. The van der Waals surface area contributed by atoms with E-state index in [4.69, 9.17) is 5.11 Å². The van der Waals surface area contributed by atoms with Crippen LogP contribution in [0.1, 0.15) is 18.1 Å². The van der Waals surface area contributed by atoms with Crippen LogP contribution in [-0.4, -0.2) is 38.0 Å². The van der Waals surface area contributed by atoms with Crippen LogP contribution in [0.4, 0.5) is 0 Å². The highest BCUT2D eigenvalue weighted by atomic mass is 16.3. The molecule has 2 unspecified atom stereocenters. The van der Waals surface area contributed by atoms with Gasteiger partial charge in [0, 0.05) is 6.61 Å². The van der Waals surface area contributed by atoms with Crippen LogP contribution in [0.25, 0.3) is 11.0 Å². The predicted octanol–water partition coefficient (Wildman–Crippen LogP) is 0.340. The minimum absolute atomic E-state index is 0.148. The average Bonchev–Trinajstić information content (AvgIpc) is 2.75. The maximum atomic E-state index is 9.82. The van der Waals surface area contributed by atoms with Crippen LogP contribution in [0.5, 0.6) is 0 Å². The number of nitrogens with zero attached hydrogens (tertiary/aromatic N) is 1. The third-order valence-electron chi connectivity index (χ3n) is 2.58. The van der Waals surface area contributed by atoms with Crippen LogP contribution >= 0.6 is 0 Å². The predicted molar refractivity (Wildman–Crippen MR) is 58.8 cm³/mol. The van der Waals surface area contributed by atoms with Crippen LogP contribution in [0.15, 0.2) is 24.5 Å². The molecule has 0 aliphatic heterocycles. The van der Waals surface area contributed by atoms with Crippen molar-refractivity contribution < 1.29 is 15.3 Å². The summed E-state index contributed by atoms with van der Waals surface area (Å²) in [7, 11) is 0. The van der Waals surface area contributed by atoms with Crippen molar-refractivity contribution in [3.63, 3.8) is 0 Å². The molecule has 2 atom stereocenters. The molecule has 16 heavy (non-hydrogen) atoms. The molecule has 0 amide bonds. The van der Waals surface area contributed by atoms with Crippen LogP contribution in [0.3, 0.4) is 0 Å². The molecule has 1 heterocycles. The van der Waals surface area contributed by atoms with Gasteiger partial charge in [-0.1, -0.05) is 6.07 Å². The summed E-state index contributed by atoms with van der Waals surface area (Å²) in [6, 6.07) is 5.23. The lowest BCUT2D eigenvalue weighted by Gasteiger charge is -2.17. The largest absolute Gasteiger partial charge is 0.396 e. The first kappa shape index (κ1) is 11.1. The lowest BCUT2D eigenvalue weighted by atomic mass is 10.0. The lowest BCUT2D eigenvalue weighted by Crippen LogP contribution is -2.19. The number of hydrogen-bond donors (Lipinski definition) is 4. The monoisotopic (exact) mass is 222 g/mol. The first-order valence-electron chi connectivity index (χ1n) is 5.12. The van der Waals surface area contributed by atoms with Crippen molar-refractivity contribution in [1.82, 2.24) is 9.97 Å². The second kappa shape index (κ2) is 4.61. The molecule has 5 heteroatoms. The van der Waals surface area contributed by atoms with Crippen LogP contribution in [-0.2, 0) is 0 Å². The lowest BCUT2D eigenvalue weighted by molar-refractivity contribution is 0.00428. The Labute approximate surface area is 92.4 Å². The number of rotatable bonds is 4. The zero-order chi connectivity index (χ0) is 11.5. The van der Waals surface area contributed by atoms with E-state index in [0.717, 1.165) is 11.0 Å². The third-order valence-corrected chi connectivity index (χ3v) is 2.58. The number of imidazole rings is 1. The minimum atomic E-state index is -0.986. The van der Waals surface area contributed by atoms with Crippen molar-refractivity contribution in [2.24, 2.45) is 0 Å². The summed E-state index contributed by atoms with van der Waals surface area (Å²) in [4.78, 5) is 6.99. The van der Waals surface area contributed by atoms with Gasteiger partial charge in [-0.25, -0.2) is 4.98 Å². The van der Waals surface area contributed by atoms with Crippen molar-refractivity contribution in [3.05, 3.63) is 30.1 Å². The van der Waals surface area contributed by atoms with E-state index in [2.05, 4.69) is 9.97 Å². The van der Waals surface area contributed by atoms with Gasteiger partial charge in [0.1, 0.15) is 6.10 Å². The van der Waals surface area contributed by atoms with Crippen molar-refractivity contribution in [2.75, 3.05) is 6.61 Å². The fourth-order valence-corrected chi connectivity index (χ4v) is 1.65. The van der Waals surface area contributed by atoms with Crippen molar-refractivity contribution >= 4 is 11.0 Å². The number of aliphatic hydroxyl groups excluding tert-OH is 3. The molecule has 1 aromatic carbocycles. The SMILES string of the molecule is OCCC(O)C(O)c1ccc2nc[nH]c2c1. The molecule has 0 saturated heterocycles. The Morgan fingerprint density at radius 3 is 2.88 bits per heavy atom. The molecule has 4 N–H and O–H groups in total. The highest BCUT2D eigenvalue weighted by Gasteiger charge is 2.18. The molecule has 0 aliphatic rings. The van der Waals surface area contributed by atoms with Gasteiger partial charge in [-0.2, -0.15) is 0 Å². The highest BCUT2D eigenvalue weighted by molar-refractivity contribution is 5.75. The van der Waals surface area contributed by atoms with Crippen molar-refractivity contribution in [3.8, 4) is 0 Å². The highest BCUT2D eigenvalue weighted by Crippen LogP contribution is 2.21. The normalized spacial score (nSPS) is 15.2. The first-order valence-corrected chi connectivity index (χ1v) is 5.12. The van der Waals surface area contributed by atoms with Gasteiger partial charge < -0.3 is 20.3 Å². The number of H-pyrrole nitrogens is 1. The molecule has 2 rings (SSSR count). The summed E-state index contributed by atoms with van der Waals surface area (Å²) >= 11 is 0. The average molecular weight is 222 g/mol. The molecule has 0 radical (unpaired) electrons. The van der Waals surface area contributed by atoms with E-state index in [0.29, 0.717) is 5.56 Å². The smallest absolute Gasteiger partial charge is 0.105 e. The molecule has 5 nitrogen and oxygen atoms in total. The zero-order valence-electron chi connectivity index (χ0n) is 8.67. The number of nitrogens with one attached hydrogen (secondary N) is 1. The molecule has 1 aromatic heterocycles. The topological polar surface area (TPSA) is 89.4 Å². The molecule has 0 fully saturated rings. The van der Waals surface area contributed by atoms with Gasteiger partial charge >= 0.3 is 0 Å². The fraction of sp³-hybridized carbons (Fsp3) is 0.364. The Kier molecular flexibility index (Phi) is 3.19. The van der Waals surface area contributed by atoms with E-state index in [1.54, 1.807) is 24.5 Å². The molecule has 86 valence electrons. The Morgan fingerprint density at radius 2 is 2.12 bits per heavy atom. The summed E-state index contributed by atoms with van der Waals surface area (Å²) in [5.74, 6) is 0. The third kappa shape index (κ3) is 2.06. The van der Waals surface area contributed by atoms with Gasteiger partial charge in [-0.15, -0.1) is 0 Å². The molecule has 0 aliphatic carbocycles. The quantitative estimate of drug-likeness (QED) is 0.600. The second-order valence-electron chi connectivity index (χ2n) is 3.70. The summed E-state index contributed by atoms with van der Waals surface area (Å²) in [5, 5.41) is 28.1. The molecule has 2 aromatic rings. The van der Waals surface area contributed by atoms with Gasteiger partial charge in [0.05, 0.1) is 23.5 Å². The number of aromatic nitrogens is 2. The molecule has 0 bridgehead atoms. The fourth-order valence-electron chi connectivity index (χ4n) is 1.65. The van der Waals surface area contributed by atoms with Crippen LogP contribution < -0.4 is 0 Å². The molecular formula is C11H14N2O3. The maximum absolute atomic E-state index is 9.82. The van der Waals surface area contributed by atoms with Crippen LogP contribution in [0, 0.1) is 0 Å². The van der Waals surface area contributed by atoms with Gasteiger partial charge in [-0.05, 0) is 24.1 Å². The van der Waals surface area contributed by atoms with Gasteiger partial charge in [-0.3, -0.25) is 0 Å². The second-order valence-corrected chi connectivity index (χ2v) is 3.70. The van der Waals surface area contributed by atoms with Gasteiger partial charge in [0.2, 0.25) is 0 Å². The minimum Gasteiger partial charge on any atom is -0.396 e. The Balaban J connectivity index is 2.24. The number of aliphatic hydroxyl groups is 3. The first-order chi connectivity index (χ1) is 7.72. The molecule has 0 saturated carbocycles. The number of hydrogen-bond acceptors (Lipinski definition) is 4. The van der Waals surface area contributed by atoms with E-state index >= 15 is 0 Å². The Morgan fingerprint density at radius 1 is 1.31 bits per heavy atom. The zero-order valence-corrected chi connectivity index (χ0v) is 8.67.